The van der Waals surface area contributed by atoms with Crippen molar-refractivity contribution in [3.05, 3.63) is 58.9 Å². The van der Waals surface area contributed by atoms with Crippen LogP contribution in [-0.4, -0.2) is 27.7 Å². The average Bonchev–Trinajstić information content (AvgIpc) is 3.10. The molecule has 4 rings (SSSR count). The van der Waals surface area contributed by atoms with Gasteiger partial charge in [-0.1, -0.05) is 18.2 Å². The molecule has 1 aliphatic heterocycles. The summed E-state index contributed by atoms with van der Waals surface area (Å²) < 4.78 is 1.66. The number of hydrogen-bond donors (Lipinski definition) is 1. The number of fused-ring (bicyclic) bond motifs is 1. The molecule has 1 fully saturated rings. The Labute approximate surface area is 133 Å². The molecule has 5 heteroatoms. The summed E-state index contributed by atoms with van der Waals surface area (Å²) >= 11 is 0. The zero-order valence-electron chi connectivity index (χ0n) is 12.6. The molecule has 0 amide bonds. The molecule has 5 nitrogen and oxygen atoms in total. The van der Waals surface area contributed by atoms with Crippen molar-refractivity contribution >= 4 is 16.7 Å². The van der Waals surface area contributed by atoms with E-state index < -0.39 is 0 Å². The summed E-state index contributed by atoms with van der Waals surface area (Å²) in [6.07, 6.45) is 3.71. The minimum Gasteiger partial charge on any atom is -0.493 e. The van der Waals surface area contributed by atoms with E-state index in [0.717, 1.165) is 31.6 Å². The molecular weight excluding hydrogens is 290 g/mol. The van der Waals surface area contributed by atoms with E-state index in [4.69, 9.17) is 0 Å². The first-order chi connectivity index (χ1) is 11.3. The lowest BCUT2D eigenvalue weighted by molar-refractivity contribution is 0.440. The van der Waals surface area contributed by atoms with Crippen LogP contribution in [0.3, 0.4) is 0 Å². The zero-order valence-corrected chi connectivity index (χ0v) is 12.6. The topological polar surface area (TPSA) is 58.4 Å². The lowest BCUT2D eigenvalue weighted by Crippen LogP contribution is -2.26. The Hall–Kier alpha value is -2.82. The smallest absolute Gasteiger partial charge is 0.225 e. The third-order valence-corrected chi connectivity index (χ3v) is 4.32. The van der Waals surface area contributed by atoms with Crippen LogP contribution in [0.15, 0.2) is 53.5 Å². The highest BCUT2D eigenvalue weighted by Gasteiger charge is 2.24. The van der Waals surface area contributed by atoms with E-state index in [1.165, 1.54) is 0 Å². The SMILES string of the molecule is O=c1c(N2CCCC2)c(O)n(-c2ccccc2)c2ncccc12. The van der Waals surface area contributed by atoms with Crippen molar-refractivity contribution in [3.8, 4) is 11.6 Å². The Balaban J connectivity index is 2.10. The van der Waals surface area contributed by atoms with E-state index >= 15 is 0 Å². The molecule has 0 saturated carbocycles. The summed E-state index contributed by atoms with van der Waals surface area (Å²) in [5.41, 5.74) is 1.49. The highest BCUT2D eigenvalue weighted by atomic mass is 16.3. The molecule has 3 aromatic rings. The number of anilines is 1. The van der Waals surface area contributed by atoms with Crippen molar-refractivity contribution in [2.45, 2.75) is 12.8 Å². The van der Waals surface area contributed by atoms with Crippen molar-refractivity contribution in [3.63, 3.8) is 0 Å². The fourth-order valence-electron chi connectivity index (χ4n) is 3.24. The number of hydrogen-bond acceptors (Lipinski definition) is 4. The van der Waals surface area contributed by atoms with Gasteiger partial charge in [0.05, 0.1) is 11.1 Å². The molecule has 2 aromatic heterocycles. The van der Waals surface area contributed by atoms with Crippen molar-refractivity contribution in [2.75, 3.05) is 18.0 Å². The van der Waals surface area contributed by atoms with Gasteiger partial charge in [0.1, 0.15) is 5.69 Å². The van der Waals surface area contributed by atoms with Gasteiger partial charge in [0.2, 0.25) is 11.3 Å². The fourth-order valence-corrected chi connectivity index (χ4v) is 3.24. The van der Waals surface area contributed by atoms with Gasteiger partial charge in [-0.3, -0.25) is 9.36 Å². The predicted molar refractivity (Wildman–Crippen MR) is 90.5 cm³/mol. The molecule has 1 aromatic carbocycles. The fraction of sp³-hybridized carbons (Fsp3) is 0.222. The summed E-state index contributed by atoms with van der Waals surface area (Å²) in [4.78, 5) is 19.2. The molecule has 1 saturated heterocycles. The van der Waals surface area contributed by atoms with E-state index in [2.05, 4.69) is 4.98 Å². The molecular formula is C18H17N3O2. The number of para-hydroxylation sites is 1. The van der Waals surface area contributed by atoms with Gasteiger partial charge in [-0.05, 0) is 37.1 Å². The number of benzene rings is 1. The van der Waals surface area contributed by atoms with Crippen molar-refractivity contribution in [1.82, 2.24) is 9.55 Å². The minimum atomic E-state index is -0.153. The highest BCUT2D eigenvalue weighted by Crippen LogP contribution is 2.32. The standard InChI is InChI=1S/C18H17N3O2/c22-16-14-9-6-10-19-17(14)21(13-7-2-1-3-8-13)18(23)15(16)20-11-4-5-12-20/h1-3,6-10,23H,4-5,11-12H2. The Bertz CT molecular complexity index is 913. The molecule has 0 radical (unpaired) electrons. The van der Waals surface area contributed by atoms with Crippen LogP contribution in [0, 0.1) is 0 Å². The average molecular weight is 307 g/mol. The van der Waals surface area contributed by atoms with E-state index in [-0.39, 0.29) is 11.3 Å². The molecule has 0 bridgehead atoms. The summed E-state index contributed by atoms with van der Waals surface area (Å²) in [6.45, 7) is 1.59. The van der Waals surface area contributed by atoms with Gasteiger partial charge in [-0.25, -0.2) is 4.98 Å². The maximum Gasteiger partial charge on any atom is 0.225 e. The lowest BCUT2D eigenvalue weighted by atomic mass is 10.2. The zero-order chi connectivity index (χ0) is 15.8. The molecule has 1 N–H and O–H groups in total. The third kappa shape index (κ3) is 2.16. The van der Waals surface area contributed by atoms with Crippen LogP contribution in [0.5, 0.6) is 5.88 Å². The molecule has 0 atom stereocenters. The number of nitrogens with zero attached hydrogens (tertiary/aromatic N) is 3. The molecule has 0 aliphatic carbocycles. The molecule has 23 heavy (non-hydrogen) atoms. The van der Waals surface area contributed by atoms with Gasteiger partial charge in [0, 0.05) is 19.3 Å². The van der Waals surface area contributed by atoms with Crippen LogP contribution in [-0.2, 0) is 0 Å². The minimum absolute atomic E-state index is 0.0331. The van der Waals surface area contributed by atoms with Crippen LogP contribution in [0.25, 0.3) is 16.7 Å². The van der Waals surface area contributed by atoms with Crippen LogP contribution in [0.2, 0.25) is 0 Å². The summed E-state index contributed by atoms with van der Waals surface area (Å²) in [5, 5.41) is 11.4. The van der Waals surface area contributed by atoms with E-state index in [0.29, 0.717) is 16.7 Å². The summed E-state index contributed by atoms with van der Waals surface area (Å²) in [6, 6.07) is 13.0. The van der Waals surface area contributed by atoms with Gasteiger partial charge in [-0.2, -0.15) is 0 Å². The normalized spacial score (nSPS) is 14.5. The Kier molecular flexibility index (Phi) is 3.26. The van der Waals surface area contributed by atoms with Gasteiger partial charge >= 0.3 is 0 Å². The van der Waals surface area contributed by atoms with E-state index in [1.807, 2.05) is 35.2 Å². The molecule has 3 heterocycles. The predicted octanol–water partition coefficient (Wildman–Crippen LogP) is 2.69. The highest BCUT2D eigenvalue weighted by molar-refractivity contribution is 5.83. The maximum atomic E-state index is 12.9. The first-order valence-corrected chi connectivity index (χ1v) is 7.80. The van der Waals surface area contributed by atoms with Crippen molar-refractivity contribution < 1.29 is 5.11 Å². The number of aromatic nitrogens is 2. The Morgan fingerprint density at radius 2 is 1.74 bits per heavy atom. The van der Waals surface area contributed by atoms with Gasteiger partial charge < -0.3 is 10.0 Å². The van der Waals surface area contributed by atoms with Crippen molar-refractivity contribution in [2.24, 2.45) is 0 Å². The number of rotatable bonds is 2. The van der Waals surface area contributed by atoms with Crippen LogP contribution < -0.4 is 10.3 Å². The van der Waals surface area contributed by atoms with Crippen LogP contribution >= 0.6 is 0 Å². The quantitative estimate of drug-likeness (QED) is 0.791. The second kappa shape index (κ2) is 5.43. The number of aromatic hydroxyl groups is 1. The van der Waals surface area contributed by atoms with Crippen molar-refractivity contribution in [1.29, 1.82) is 0 Å². The van der Waals surface area contributed by atoms with Crippen LogP contribution in [0.1, 0.15) is 12.8 Å². The second-order valence-corrected chi connectivity index (χ2v) is 5.74. The molecule has 0 spiro atoms. The maximum absolute atomic E-state index is 12.9. The van der Waals surface area contributed by atoms with Gasteiger partial charge in [0.25, 0.3) is 0 Å². The molecule has 116 valence electrons. The van der Waals surface area contributed by atoms with Crippen LogP contribution in [0.4, 0.5) is 5.69 Å². The summed E-state index contributed by atoms with van der Waals surface area (Å²) in [5.74, 6) is -0.0331. The first kappa shape index (κ1) is 13.8. The van der Waals surface area contributed by atoms with E-state index in [9.17, 15) is 9.90 Å². The molecule has 0 unspecified atom stereocenters. The monoisotopic (exact) mass is 307 g/mol. The largest absolute Gasteiger partial charge is 0.493 e. The van der Waals surface area contributed by atoms with Gasteiger partial charge in [-0.15, -0.1) is 0 Å². The first-order valence-electron chi connectivity index (χ1n) is 7.80. The second-order valence-electron chi connectivity index (χ2n) is 5.74. The number of pyridine rings is 2. The Morgan fingerprint density at radius 1 is 1.00 bits per heavy atom. The lowest BCUT2D eigenvalue weighted by Gasteiger charge is -2.22. The van der Waals surface area contributed by atoms with E-state index in [1.54, 1.807) is 22.9 Å². The Morgan fingerprint density at radius 3 is 2.48 bits per heavy atom. The third-order valence-electron chi connectivity index (χ3n) is 4.32. The molecule has 1 aliphatic rings. The summed E-state index contributed by atoms with van der Waals surface area (Å²) in [7, 11) is 0. The van der Waals surface area contributed by atoms with Gasteiger partial charge in [0.15, 0.2) is 5.65 Å².